The van der Waals surface area contributed by atoms with Gasteiger partial charge in [0.25, 0.3) is 5.92 Å². The molecule has 5 rings (SSSR count). The van der Waals surface area contributed by atoms with Crippen LogP contribution >= 0.6 is 0 Å². The first kappa shape index (κ1) is 17.4. The molecule has 1 spiro atoms. The van der Waals surface area contributed by atoms with Crippen LogP contribution in [0, 0.1) is 5.41 Å². The zero-order chi connectivity index (χ0) is 19.4. The summed E-state index contributed by atoms with van der Waals surface area (Å²) in [6, 6.07) is 7.96. The Morgan fingerprint density at radius 2 is 2.14 bits per heavy atom. The molecule has 3 aliphatic rings. The Labute approximate surface area is 160 Å². The van der Waals surface area contributed by atoms with Crippen LogP contribution in [0.1, 0.15) is 30.2 Å². The summed E-state index contributed by atoms with van der Waals surface area (Å²) in [7, 11) is 0. The normalized spacial score (nSPS) is 27.4. The molecule has 1 saturated carbocycles. The fourth-order valence-electron chi connectivity index (χ4n) is 4.13. The van der Waals surface area contributed by atoms with E-state index in [9.17, 15) is 13.6 Å². The first-order valence-corrected chi connectivity index (χ1v) is 9.39. The van der Waals surface area contributed by atoms with E-state index in [2.05, 4.69) is 15.5 Å². The standard InChI is InChI=1S/C19H20F2N4O3/c20-19(21)10-18(19)5-6-25(11-18)15(26)8-22-17-24-23-16(28-17)13-7-12-3-1-2-4-14(12)27-9-13/h1-4,13H,5-11H2,(H,22,24). The Hall–Kier alpha value is -2.71. The quantitative estimate of drug-likeness (QED) is 0.864. The maximum absolute atomic E-state index is 13.5. The molecule has 2 fully saturated rings. The molecular formula is C19H20F2N4O3. The highest BCUT2D eigenvalue weighted by atomic mass is 19.3. The molecule has 9 heteroatoms. The molecule has 148 valence electrons. The number of halogens is 2. The van der Waals surface area contributed by atoms with Gasteiger partial charge in [0.05, 0.1) is 17.9 Å². The molecule has 1 aliphatic carbocycles. The molecule has 1 N–H and O–H groups in total. The Morgan fingerprint density at radius 1 is 1.32 bits per heavy atom. The number of amides is 1. The minimum absolute atomic E-state index is 0.0517. The molecule has 0 radical (unpaired) electrons. The number of ether oxygens (including phenoxy) is 1. The second kappa shape index (κ2) is 6.15. The number of likely N-dealkylation sites (tertiary alicyclic amines) is 1. The highest BCUT2D eigenvalue weighted by Gasteiger charge is 2.72. The van der Waals surface area contributed by atoms with Crippen LogP contribution in [0.4, 0.5) is 14.8 Å². The molecule has 2 aliphatic heterocycles. The predicted molar refractivity (Wildman–Crippen MR) is 94.4 cm³/mol. The number of hydrogen-bond donors (Lipinski definition) is 1. The van der Waals surface area contributed by atoms with Gasteiger partial charge in [-0.1, -0.05) is 23.3 Å². The summed E-state index contributed by atoms with van der Waals surface area (Å²) in [5.74, 6) is -1.61. The molecule has 2 unspecified atom stereocenters. The Bertz CT molecular complexity index is 918. The van der Waals surface area contributed by atoms with E-state index in [0.717, 1.165) is 17.7 Å². The van der Waals surface area contributed by atoms with E-state index in [-0.39, 0.29) is 37.4 Å². The number of alkyl halides is 2. The van der Waals surface area contributed by atoms with E-state index in [0.29, 0.717) is 25.5 Å². The number of fused-ring (bicyclic) bond motifs is 1. The van der Waals surface area contributed by atoms with E-state index < -0.39 is 11.3 Å². The van der Waals surface area contributed by atoms with Gasteiger partial charge in [-0.25, -0.2) is 8.78 Å². The zero-order valence-corrected chi connectivity index (χ0v) is 15.2. The van der Waals surface area contributed by atoms with Gasteiger partial charge in [0.2, 0.25) is 11.8 Å². The van der Waals surface area contributed by atoms with E-state index in [4.69, 9.17) is 9.15 Å². The fourth-order valence-corrected chi connectivity index (χ4v) is 4.13. The van der Waals surface area contributed by atoms with E-state index in [1.807, 2.05) is 24.3 Å². The highest BCUT2D eigenvalue weighted by molar-refractivity contribution is 5.80. The molecule has 0 bridgehead atoms. The average Bonchev–Trinajstić information content (AvgIpc) is 3.11. The number of aromatic nitrogens is 2. The number of nitrogens with zero attached hydrogens (tertiary/aromatic N) is 3. The minimum Gasteiger partial charge on any atom is -0.492 e. The number of benzene rings is 1. The van der Waals surface area contributed by atoms with Crippen LogP contribution in [0.3, 0.4) is 0 Å². The monoisotopic (exact) mass is 390 g/mol. The van der Waals surface area contributed by atoms with Gasteiger partial charge >= 0.3 is 6.01 Å². The van der Waals surface area contributed by atoms with Crippen LogP contribution in [0.2, 0.25) is 0 Å². The van der Waals surface area contributed by atoms with Gasteiger partial charge in [0, 0.05) is 19.5 Å². The largest absolute Gasteiger partial charge is 0.492 e. The molecular weight excluding hydrogens is 370 g/mol. The molecule has 1 saturated heterocycles. The van der Waals surface area contributed by atoms with Gasteiger partial charge in [-0.15, -0.1) is 5.10 Å². The predicted octanol–water partition coefficient (Wildman–Crippen LogP) is 2.46. The van der Waals surface area contributed by atoms with E-state index in [1.54, 1.807) is 0 Å². The maximum atomic E-state index is 13.5. The van der Waals surface area contributed by atoms with Crippen molar-refractivity contribution in [1.29, 1.82) is 0 Å². The van der Waals surface area contributed by atoms with Crippen molar-refractivity contribution in [3.63, 3.8) is 0 Å². The second-order valence-electron chi connectivity index (χ2n) is 7.85. The SMILES string of the molecule is O=C(CNc1nnc(C2COc3ccccc3C2)o1)N1CCC2(C1)CC2(F)F. The van der Waals surface area contributed by atoms with Gasteiger partial charge in [0.1, 0.15) is 12.4 Å². The van der Waals surface area contributed by atoms with E-state index >= 15 is 0 Å². The summed E-state index contributed by atoms with van der Waals surface area (Å²) in [5.41, 5.74) is 0.0962. The van der Waals surface area contributed by atoms with Crippen molar-refractivity contribution in [3.05, 3.63) is 35.7 Å². The van der Waals surface area contributed by atoms with Crippen LogP contribution in [0.5, 0.6) is 5.75 Å². The number of carbonyl (C=O) groups is 1. The number of rotatable bonds is 4. The summed E-state index contributed by atoms with van der Waals surface area (Å²) in [4.78, 5) is 13.8. The topological polar surface area (TPSA) is 80.5 Å². The van der Waals surface area contributed by atoms with Crippen molar-refractivity contribution in [2.45, 2.75) is 31.1 Å². The lowest BCUT2D eigenvalue weighted by atomic mass is 9.97. The van der Waals surface area contributed by atoms with Gasteiger partial charge in [0.15, 0.2) is 0 Å². The lowest BCUT2D eigenvalue weighted by Gasteiger charge is -2.22. The van der Waals surface area contributed by atoms with Crippen molar-refractivity contribution >= 4 is 11.9 Å². The van der Waals surface area contributed by atoms with Crippen molar-refractivity contribution in [3.8, 4) is 5.75 Å². The Balaban J connectivity index is 1.16. The maximum Gasteiger partial charge on any atom is 0.315 e. The lowest BCUT2D eigenvalue weighted by Crippen LogP contribution is -2.34. The summed E-state index contributed by atoms with van der Waals surface area (Å²) in [6.45, 7) is 0.868. The highest BCUT2D eigenvalue weighted by Crippen LogP contribution is 2.65. The second-order valence-corrected chi connectivity index (χ2v) is 7.85. The molecule has 7 nitrogen and oxygen atoms in total. The lowest BCUT2D eigenvalue weighted by molar-refractivity contribution is -0.128. The van der Waals surface area contributed by atoms with Crippen LogP contribution in [0.15, 0.2) is 28.7 Å². The molecule has 1 aromatic heterocycles. The summed E-state index contributed by atoms with van der Waals surface area (Å²) < 4.78 is 38.3. The van der Waals surface area contributed by atoms with Crippen molar-refractivity contribution in [2.75, 3.05) is 31.6 Å². The summed E-state index contributed by atoms with van der Waals surface area (Å²) in [5, 5.41) is 10.8. The van der Waals surface area contributed by atoms with Crippen molar-refractivity contribution in [2.24, 2.45) is 5.41 Å². The first-order chi connectivity index (χ1) is 13.5. The van der Waals surface area contributed by atoms with Gasteiger partial charge in [-0.05, 0) is 24.5 Å². The Kier molecular flexibility index (Phi) is 3.82. The van der Waals surface area contributed by atoms with Crippen LogP contribution in [-0.2, 0) is 11.2 Å². The number of hydrogen-bond acceptors (Lipinski definition) is 6. The fraction of sp³-hybridized carbons (Fsp3) is 0.526. The number of para-hydroxylation sites is 1. The molecule has 3 heterocycles. The van der Waals surface area contributed by atoms with Gasteiger partial charge < -0.3 is 19.4 Å². The molecule has 2 atom stereocenters. The zero-order valence-electron chi connectivity index (χ0n) is 15.2. The third-order valence-electron chi connectivity index (χ3n) is 5.98. The van der Waals surface area contributed by atoms with Gasteiger partial charge in [-0.3, -0.25) is 4.79 Å². The summed E-state index contributed by atoms with van der Waals surface area (Å²) >= 11 is 0. The molecule has 28 heavy (non-hydrogen) atoms. The van der Waals surface area contributed by atoms with Crippen LogP contribution < -0.4 is 10.1 Å². The molecule has 1 amide bonds. The number of nitrogens with one attached hydrogen (secondary N) is 1. The first-order valence-electron chi connectivity index (χ1n) is 9.39. The Morgan fingerprint density at radius 3 is 2.93 bits per heavy atom. The number of carbonyl (C=O) groups excluding carboxylic acids is 1. The summed E-state index contributed by atoms with van der Waals surface area (Å²) in [6.07, 6.45) is 0.983. The third-order valence-corrected chi connectivity index (χ3v) is 5.98. The minimum atomic E-state index is -2.63. The number of anilines is 1. The average molecular weight is 390 g/mol. The van der Waals surface area contributed by atoms with Crippen LogP contribution in [0.25, 0.3) is 0 Å². The van der Waals surface area contributed by atoms with Crippen LogP contribution in [-0.4, -0.2) is 53.2 Å². The molecule has 1 aromatic carbocycles. The van der Waals surface area contributed by atoms with E-state index in [1.165, 1.54) is 4.90 Å². The molecule has 2 aromatic rings. The third kappa shape index (κ3) is 2.89. The van der Waals surface area contributed by atoms with Gasteiger partial charge in [-0.2, -0.15) is 0 Å². The van der Waals surface area contributed by atoms with Crippen molar-refractivity contribution < 1.29 is 22.7 Å². The van der Waals surface area contributed by atoms with Crippen molar-refractivity contribution in [1.82, 2.24) is 15.1 Å². The smallest absolute Gasteiger partial charge is 0.315 e.